The first-order valence-corrected chi connectivity index (χ1v) is 8.85. The second kappa shape index (κ2) is 6.66. The first-order valence-electron chi connectivity index (χ1n) is 8.85. The van der Waals surface area contributed by atoms with E-state index in [0.29, 0.717) is 23.0 Å². The van der Waals surface area contributed by atoms with Gasteiger partial charge >= 0.3 is 0 Å². The van der Waals surface area contributed by atoms with Crippen LogP contribution in [0.4, 0.5) is 5.82 Å². The molecule has 1 fully saturated rings. The van der Waals surface area contributed by atoms with Crippen LogP contribution in [0.25, 0.3) is 11.1 Å². The molecular weight excluding hydrogens is 318 g/mol. The van der Waals surface area contributed by atoms with Crippen molar-refractivity contribution in [1.29, 1.82) is 0 Å². The highest BCUT2D eigenvalue weighted by Gasteiger charge is 2.19. The van der Waals surface area contributed by atoms with Crippen LogP contribution in [0.15, 0.2) is 22.9 Å². The number of amides is 1. The Hall–Kier alpha value is -2.70. The molecule has 4 rings (SSSR count). The Morgan fingerprint density at radius 1 is 1.32 bits per heavy atom. The van der Waals surface area contributed by atoms with Crippen LogP contribution in [-0.4, -0.2) is 26.2 Å². The van der Waals surface area contributed by atoms with Gasteiger partial charge in [-0.3, -0.25) is 9.89 Å². The lowest BCUT2D eigenvalue weighted by Gasteiger charge is -2.19. The average Bonchev–Trinajstić information content (AvgIpc) is 3.28. The Labute approximate surface area is 145 Å². The molecule has 2 N–H and O–H groups in total. The second-order valence-electron chi connectivity index (χ2n) is 6.56. The Morgan fingerprint density at radius 2 is 2.16 bits per heavy atom. The van der Waals surface area contributed by atoms with Crippen molar-refractivity contribution in [3.63, 3.8) is 0 Å². The lowest BCUT2D eigenvalue weighted by Crippen LogP contribution is -2.12. The number of pyridine rings is 1. The Morgan fingerprint density at radius 3 is 2.96 bits per heavy atom. The van der Waals surface area contributed by atoms with Crippen LogP contribution >= 0.6 is 0 Å². The topological polar surface area (TPSA) is 96.7 Å². The molecule has 3 heterocycles. The Bertz CT molecular complexity index is 892. The van der Waals surface area contributed by atoms with Gasteiger partial charge in [-0.25, -0.2) is 4.98 Å². The van der Waals surface area contributed by atoms with E-state index < -0.39 is 0 Å². The van der Waals surface area contributed by atoms with Gasteiger partial charge in [-0.15, -0.1) is 0 Å². The zero-order valence-corrected chi connectivity index (χ0v) is 14.2. The fraction of sp³-hybridized carbons (Fsp3) is 0.444. The number of hydrogen-bond acceptors (Lipinski definition) is 5. The first-order chi connectivity index (χ1) is 12.2. The number of aryl methyl sites for hydroxylation is 1. The molecule has 0 atom stereocenters. The number of aromatic nitrogens is 4. The van der Waals surface area contributed by atoms with Crippen molar-refractivity contribution in [2.75, 3.05) is 5.32 Å². The van der Waals surface area contributed by atoms with Crippen molar-refractivity contribution in [3.05, 3.63) is 35.3 Å². The highest BCUT2D eigenvalue weighted by atomic mass is 16.5. The van der Waals surface area contributed by atoms with Crippen molar-refractivity contribution in [2.45, 2.75) is 51.4 Å². The summed E-state index contributed by atoms with van der Waals surface area (Å²) in [7, 11) is 0. The number of nitrogens with one attached hydrogen (secondary N) is 2. The molecule has 7 nitrogen and oxygen atoms in total. The van der Waals surface area contributed by atoms with Gasteiger partial charge in [-0.1, -0.05) is 31.3 Å². The fourth-order valence-corrected chi connectivity index (χ4v) is 3.47. The summed E-state index contributed by atoms with van der Waals surface area (Å²) in [6, 6.07) is 3.71. The lowest BCUT2D eigenvalue weighted by molar-refractivity contribution is 0.102. The predicted octanol–water partition coefficient (Wildman–Crippen LogP) is 3.81. The number of nitrogens with zero attached hydrogens (tertiary/aromatic N) is 3. The van der Waals surface area contributed by atoms with E-state index in [-0.39, 0.29) is 5.91 Å². The van der Waals surface area contributed by atoms with Crippen molar-refractivity contribution in [2.24, 2.45) is 0 Å². The summed E-state index contributed by atoms with van der Waals surface area (Å²) in [5, 5.41) is 14.9. The van der Waals surface area contributed by atoms with Crippen LogP contribution < -0.4 is 5.32 Å². The largest absolute Gasteiger partial charge is 0.336 e. The van der Waals surface area contributed by atoms with Gasteiger partial charge in [-0.05, 0) is 25.3 Å². The maximum absolute atomic E-state index is 12.5. The molecule has 0 bridgehead atoms. The van der Waals surface area contributed by atoms with Gasteiger partial charge in [0, 0.05) is 23.9 Å². The number of hydrogen-bond donors (Lipinski definition) is 2. The molecule has 0 radical (unpaired) electrons. The molecule has 130 valence electrons. The van der Waals surface area contributed by atoms with E-state index in [9.17, 15) is 4.79 Å². The molecule has 7 heteroatoms. The van der Waals surface area contributed by atoms with E-state index in [0.717, 1.165) is 23.2 Å². The summed E-state index contributed by atoms with van der Waals surface area (Å²) < 4.78 is 5.15. The molecule has 1 aliphatic rings. The molecule has 0 saturated heterocycles. The first kappa shape index (κ1) is 15.8. The minimum atomic E-state index is -0.237. The van der Waals surface area contributed by atoms with E-state index in [4.69, 9.17) is 4.52 Å². The van der Waals surface area contributed by atoms with Crippen molar-refractivity contribution >= 4 is 22.8 Å². The van der Waals surface area contributed by atoms with Crippen molar-refractivity contribution in [1.82, 2.24) is 20.3 Å². The molecule has 0 aromatic carbocycles. The van der Waals surface area contributed by atoms with E-state index >= 15 is 0 Å². The maximum Gasteiger partial charge on any atom is 0.258 e. The summed E-state index contributed by atoms with van der Waals surface area (Å²) in [5.74, 6) is 0.833. The van der Waals surface area contributed by atoms with Gasteiger partial charge in [0.2, 0.25) is 0 Å². The van der Waals surface area contributed by atoms with E-state index in [1.807, 2.05) is 13.0 Å². The third kappa shape index (κ3) is 3.14. The SMILES string of the molecule is CCc1noc2ncc(C(=O)Nc3cc(C4CCCCC4)[nH]n3)cc12. The molecule has 1 aliphatic carbocycles. The molecule has 3 aromatic rings. The number of H-pyrrole nitrogens is 1. The van der Waals surface area contributed by atoms with Gasteiger partial charge in [-0.2, -0.15) is 5.10 Å². The number of carbonyl (C=O) groups excluding carboxylic acids is 1. The molecule has 0 spiro atoms. The summed E-state index contributed by atoms with van der Waals surface area (Å²) in [6.45, 7) is 1.99. The monoisotopic (exact) mass is 339 g/mol. The zero-order valence-electron chi connectivity index (χ0n) is 14.2. The smallest absolute Gasteiger partial charge is 0.258 e. The van der Waals surface area contributed by atoms with Gasteiger partial charge in [0.1, 0.15) is 0 Å². The van der Waals surface area contributed by atoms with Crippen LogP contribution in [0.2, 0.25) is 0 Å². The molecule has 1 saturated carbocycles. The zero-order chi connectivity index (χ0) is 17.2. The molecule has 25 heavy (non-hydrogen) atoms. The number of anilines is 1. The predicted molar refractivity (Wildman–Crippen MR) is 93.5 cm³/mol. The van der Waals surface area contributed by atoms with E-state index in [2.05, 4.69) is 25.7 Å². The summed E-state index contributed by atoms with van der Waals surface area (Å²) in [6.07, 6.45) is 8.42. The van der Waals surface area contributed by atoms with E-state index in [1.165, 1.54) is 38.3 Å². The van der Waals surface area contributed by atoms with Gasteiger partial charge in [0.05, 0.1) is 16.6 Å². The van der Waals surface area contributed by atoms with Crippen molar-refractivity contribution < 1.29 is 9.32 Å². The lowest BCUT2D eigenvalue weighted by atomic mass is 9.87. The highest BCUT2D eigenvalue weighted by molar-refractivity contribution is 6.05. The number of fused-ring (bicyclic) bond motifs is 1. The third-order valence-corrected chi connectivity index (χ3v) is 4.89. The molecule has 0 aliphatic heterocycles. The molecule has 1 amide bonds. The summed E-state index contributed by atoms with van der Waals surface area (Å²) in [5.41, 5.74) is 2.83. The fourth-order valence-electron chi connectivity index (χ4n) is 3.47. The minimum absolute atomic E-state index is 0.237. The average molecular weight is 339 g/mol. The summed E-state index contributed by atoms with van der Waals surface area (Å²) in [4.78, 5) is 16.7. The second-order valence-corrected chi connectivity index (χ2v) is 6.56. The standard InChI is InChI=1S/C18H21N5O2/c1-2-14-13-8-12(10-19-18(13)25-23-14)17(24)20-16-9-15(21-22-16)11-6-4-3-5-7-11/h8-11H,2-7H2,1H3,(H2,20,21,22,24). The molecule has 0 unspecified atom stereocenters. The summed E-state index contributed by atoms with van der Waals surface area (Å²) >= 11 is 0. The number of carbonyl (C=O) groups is 1. The normalized spacial score (nSPS) is 15.6. The quantitative estimate of drug-likeness (QED) is 0.753. The highest BCUT2D eigenvalue weighted by Crippen LogP contribution is 2.32. The Balaban J connectivity index is 1.51. The molecular formula is C18H21N5O2. The van der Waals surface area contributed by atoms with Crippen molar-refractivity contribution in [3.8, 4) is 0 Å². The molecule has 3 aromatic heterocycles. The maximum atomic E-state index is 12.5. The van der Waals surface area contributed by atoms with Gasteiger partial charge in [0.15, 0.2) is 5.82 Å². The number of aromatic amines is 1. The Kier molecular flexibility index (Phi) is 4.21. The van der Waals surface area contributed by atoms with Gasteiger partial charge in [0.25, 0.3) is 11.6 Å². The van der Waals surface area contributed by atoms with Crippen LogP contribution in [-0.2, 0) is 6.42 Å². The van der Waals surface area contributed by atoms with Gasteiger partial charge < -0.3 is 9.84 Å². The van der Waals surface area contributed by atoms with E-state index in [1.54, 1.807) is 6.07 Å². The number of rotatable bonds is 4. The van der Waals surface area contributed by atoms with Crippen LogP contribution in [0.1, 0.15) is 66.7 Å². The minimum Gasteiger partial charge on any atom is -0.336 e. The third-order valence-electron chi connectivity index (χ3n) is 4.89. The van der Waals surface area contributed by atoms with Crippen LogP contribution in [0, 0.1) is 0 Å². The van der Waals surface area contributed by atoms with Crippen LogP contribution in [0.5, 0.6) is 0 Å². The van der Waals surface area contributed by atoms with Crippen LogP contribution in [0.3, 0.4) is 0 Å².